The van der Waals surface area contributed by atoms with Crippen molar-refractivity contribution < 1.29 is 18.7 Å². The Morgan fingerprint density at radius 2 is 1.96 bits per heavy atom. The number of hydrogen-bond acceptors (Lipinski definition) is 5. The van der Waals surface area contributed by atoms with Crippen LogP contribution >= 0.6 is 0 Å². The first-order valence-electron chi connectivity index (χ1n) is 7.62. The number of rotatable bonds is 6. The van der Waals surface area contributed by atoms with Crippen molar-refractivity contribution >= 4 is 12.0 Å². The summed E-state index contributed by atoms with van der Waals surface area (Å²) < 4.78 is 10.7. The van der Waals surface area contributed by atoms with Gasteiger partial charge in [-0.25, -0.2) is 9.78 Å². The number of carbonyl (C=O) groups excluding carboxylic acids is 2. The lowest BCUT2D eigenvalue weighted by Gasteiger charge is -2.19. The third-order valence-corrected chi connectivity index (χ3v) is 3.47. The van der Waals surface area contributed by atoms with Crippen molar-refractivity contribution in [2.75, 3.05) is 0 Å². The third-order valence-electron chi connectivity index (χ3n) is 3.47. The molecule has 0 bridgehead atoms. The summed E-state index contributed by atoms with van der Waals surface area (Å²) in [4.78, 5) is 27.4. The second kappa shape index (κ2) is 7.63. The number of primary amides is 1. The predicted octanol–water partition coefficient (Wildman–Crippen LogP) is 2.71. The van der Waals surface area contributed by atoms with Crippen molar-refractivity contribution in [2.45, 2.75) is 33.4 Å². The number of ether oxygens (including phenoxy) is 1. The quantitative estimate of drug-likeness (QED) is 0.846. The van der Waals surface area contributed by atoms with Gasteiger partial charge in [0.1, 0.15) is 18.4 Å². The highest BCUT2D eigenvalue weighted by molar-refractivity contribution is 5.91. The van der Waals surface area contributed by atoms with Gasteiger partial charge in [0.15, 0.2) is 5.69 Å². The molecule has 128 valence electrons. The van der Waals surface area contributed by atoms with Gasteiger partial charge in [-0.1, -0.05) is 44.2 Å². The molecule has 2 amide bonds. The van der Waals surface area contributed by atoms with Crippen LogP contribution in [0.15, 0.2) is 34.7 Å². The van der Waals surface area contributed by atoms with Crippen LogP contribution in [0.1, 0.15) is 47.6 Å². The number of aromatic nitrogens is 1. The fourth-order valence-electron chi connectivity index (χ4n) is 2.18. The molecule has 7 nitrogen and oxygen atoms in total. The number of benzene rings is 1. The molecule has 0 saturated carbocycles. The smallest absolute Gasteiger partial charge is 0.408 e. The van der Waals surface area contributed by atoms with Crippen molar-refractivity contribution in [1.82, 2.24) is 10.3 Å². The summed E-state index contributed by atoms with van der Waals surface area (Å²) in [5.74, 6) is -0.139. The Kier molecular flexibility index (Phi) is 5.57. The minimum atomic E-state index is -0.670. The van der Waals surface area contributed by atoms with Crippen LogP contribution in [0.3, 0.4) is 0 Å². The van der Waals surface area contributed by atoms with E-state index in [2.05, 4.69) is 10.3 Å². The average molecular weight is 331 g/mol. The van der Waals surface area contributed by atoms with Gasteiger partial charge in [0.05, 0.1) is 0 Å². The van der Waals surface area contributed by atoms with E-state index in [1.165, 1.54) is 0 Å². The summed E-state index contributed by atoms with van der Waals surface area (Å²) in [6, 6.07) is 8.83. The highest BCUT2D eigenvalue weighted by Gasteiger charge is 2.26. The maximum Gasteiger partial charge on any atom is 0.408 e. The van der Waals surface area contributed by atoms with Gasteiger partial charge in [-0.2, -0.15) is 0 Å². The lowest BCUT2D eigenvalue weighted by Crippen LogP contribution is -2.32. The molecule has 0 unspecified atom stereocenters. The zero-order chi connectivity index (χ0) is 17.7. The van der Waals surface area contributed by atoms with E-state index in [-0.39, 0.29) is 24.1 Å². The number of nitrogens with two attached hydrogens (primary N) is 1. The number of nitrogens with zero attached hydrogens (tertiary/aromatic N) is 1. The Labute approximate surface area is 140 Å². The summed E-state index contributed by atoms with van der Waals surface area (Å²) >= 11 is 0. The Bertz CT molecular complexity index is 710. The first kappa shape index (κ1) is 17.5. The lowest BCUT2D eigenvalue weighted by molar-refractivity contribution is 0.0994. The fraction of sp³-hybridized carbons (Fsp3) is 0.353. The van der Waals surface area contributed by atoms with E-state index in [0.717, 1.165) is 5.56 Å². The lowest BCUT2D eigenvalue weighted by atomic mass is 10.1. The van der Waals surface area contributed by atoms with Crippen LogP contribution in [0.2, 0.25) is 0 Å². The minimum Gasteiger partial charge on any atom is -0.445 e. The molecule has 3 N–H and O–H groups in total. The normalized spacial score (nSPS) is 12.0. The Balaban J connectivity index is 2.04. The molecule has 1 heterocycles. The van der Waals surface area contributed by atoms with E-state index in [1.54, 1.807) is 6.92 Å². The molecule has 1 aromatic carbocycles. The molecule has 1 atom stereocenters. The van der Waals surface area contributed by atoms with Crippen LogP contribution in [0.4, 0.5) is 4.79 Å². The van der Waals surface area contributed by atoms with E-state index >= 15 is 0 Å². The zero-order valence-corrected chi connectivity index (χ0v) is 13.9. The first-order valence-corrected chi connectivity index (χ1v) is 7.62. The summed E-state index contributed by atoms with van der Waals surface area (Å²) in [5.41, 5.74) is 6.19. The summed E-state index contributed by atoms with van der Waals surface area (Å²) in [6.07, 6.45) is -0.589. The van der Waals surface area contributed by atoms with Gasteiger partial charge in [-0.15, -0.1) is 0 Å². The Hall–Kier alpha value is -2.83. The number of carbonyl (C=O) groups is 2. The fourth-order valence-corrected chi connectivity index (χ4v) is 2.18. The van der Waals surface area contributed by atoms with Gasteiger partial charge >= 0.3 is 6.09 Å². The molecule has 0 fully saturated rings. The number of amides is 2. The van der Waals surface area contributed by atoms with Crippen LogP contribution in [-0.2, 0) is 11.3 Å². The first-order chi connectivity index (χ1) is 11.4. The molecule has 0 aliphatic heterocycles. The van der Waals surface area contributed by atoms with Crippen molar-refractivity contribution in [3.05, 3.63) is 53.2 Å². The highest BCUT2D eigenvalue weighted by Crippen LogP contribution is 2.23. The predicted molar refractivity (Wildman–Crippen MR) is 87.1 cm³/mol. The molecule has 2 rings (SSSR count). The topological polar surface area (TPSA) is 107 Å². The van der Waals surface area contributed by atoms with E-state index < -0.39 is 18.0 Å². The molecule has 2 aromatic rings. The number of oxazole rings is 1. The molecule has 0 saturated heterocycles. The molecule has 0 aliphatic rings. The molecule has 24 heavy (non-hydrogen) atoms. The summed E-state index contributed by atoms with van der Waals surface area (Å²) in [7, 11) is 0. The van der Waals surface area contributed by atoms with Crippen LogP contribution in [0, 0.1) is 12.8 Å². The van der Waals surface area contributed by atoms with Gasteiger partial charge in [-0.3, -0.25) is 4.79 Å². The largest absolute Gasteiger partial charge is 0.445 e. The second-order valence-electron chi connectivity index (χ2n) is 5.75. The van der Waals surface area contributed by atoms with E-state index in [9.17, 15) is 9.59 Å². The molecule has 7 heteroatoms. The van der Waals surface area contributed by atoms with Gasteiger partial charge < -0.3 is 20.2 Å². The van der Waals surface area contributed by atoms with Crippen LogP contribution < -0.4 is 11.1 Å². The van der Waals surface area contributed by atoms with E-state index in [0.29, 0.717) is 5.76 Å². The van der Waals surface area contributed by atoms with Crippen molar-refractivity contribution in [3.8, 4) is 0 Å². The van der Waals surface area contributed by atoms with Gasteiger partial charge in [-0.05, 0) is 18.4 Å². The molecule has 1 aromatic heterocycles. The van der Waals surface area contributed by atoms with Crippen LogP contribution in [-0.4, -0.2) is 17.0 Å². The van der Waals surface area contributed by atoms with Crippen LogP contribution in [0.5, 0.6) is 0 Å². The number of aryl methyl sites for hydroxylation is 1. The van der Waals surface area contributed by atoms with E-state index in [4.69, 9.17) is 14.9 Å². The average Bonchev–Trinajstić information content (AvgIpc) is 2.93. The minimum absolute atomic E-state index is 0.0203. The standard InChI is InChI=1S/C17H21N3O4/c1-10(2)13(16-19-14(15(18)21)11(3)24-16)20-17(22)23-9-12-7-5-4-6-8-12/h4-8,10,13H,9H2,1-3H3,(H2,18,21)(H,20,22)/t13-/m0/s1. The number of alkyl carbamates (subject to hydrolysis) is 1. The summed E-state index contributed by atoms with van der Waals surface area (Å²) in [5, 5.41) is 2.71. The van der Waals surface area contributed by atoms with Gasteiger partial charge in [0.25, 0.3) is 5.91 Å². The van der Waals surface area contributed by atoms with Crippen molar-refractivity contribution in [3.63, 3.8) is 0 Å². The number of hydrogen-bond donors (Lipinski definition) is 2. The van der Waals surface area contributed by atoms with Crippen molar-refractivity contribution in [2.24, 2.45) is 11.7 Å². The van der Waals surface area contributed by atoms with Gasteiger partial charge in [0, 0.05) is 0 Å². The SMILES string of the molecule is Cc1oc([C@@H](NC(=O)OCc2ccccc2)C(C)C)nc1C(N)=O. The Morgan fingerprint density at radius 3 is 2.50 bits per heavy atom. The van der Waals surface area contributed by atoms with Crippen molar-refractivity contribution in [1.29, 1.82) is 0 Å². The number of nitrogens with one attached hydrogen (secondary N) is 1. The van der Waals surface area contributed by atoms with Crippen LogP contribution in [0.25, 0.3) is 0 Å². The highest BCUT2D eigenvalue weighted by atomic mass is 16.5. The third kappa shape index (κ3) is 4.34. The second-order valence-corrected chi connectivity index (χ2v) is 5.75. The monoisotopic (exact) mass is 331 g/mol. The molecular weight excluding hydrogens is 310 g/mol. The zero-order valence-electron chi connectivity index (χ0n) is 13.9. The van der Waals surface area contributed by atoms with Gasteiger partial charge in [0.2, 0.25) is 5.89 Å². The molecule has 0 aliphatic carbocycles. The Morgan fingerprint density at radius 1 is 1.29 bits per heavy atom. The summed E-state index contributed by atoms with van der Waals surface area (Å²) in [6.45, 7) is 5.55. The molecule has 0 spiro atoms. The molecule has 0 radical (unpaired) electrons. The molecular formula is C17H21N3O4. The maximum atomic E-state index is 12.0. The maximum absolute atomic E-state index is 12.0. The van der Waals surface area contributed by atoms with E-state index in [1.807, 2.05) is 44.2 Å².